The molecule has 1 aliphatic rings. The second-order valence-corrected chi connectivity index (χ2v) is 2.58. The zero-order chi connectivity index (χ0) is 8.10. The first kappa shape index (κ1) is 11.9. The zero-order valence-corrected chi connectivity index (χ0v) is 10.7. The average Bonchev–Trinajstić information content (AvgIpc) is 2.17. The van der Waals surface area contributed by atoms with Crippen molar-refractivity contribution in [3.05, 3.63) is 35.5 Å². The molecule has 0 fully saturated rings. The van der Waals surface area contributed by atoms with Crippen LogP contribution in [0.25, 0.3) is 0 Å². The number of allylic oxidation sites excluding steroid dienone is 6. The van der Waals surface area contributed by atoms with Crippen molar-refractivity contribution in [2.75, 3.05) is 0 Å². The van der Waals surface area contributed by atoms with Gasteiger partial charge in [-0.2, -0.15) is 12.5 Å². The van der Waals surface area contributed by atoms with Gasteiger partial charge in [0.05, 0.1) is 0 Å². The molecule has 0 aliphatic heterocycles. The molecule has 0 saturated carbocycles. The van der Waals surface area contributed by atoms with Gasteiger partial charge in [0.25, 0.3) is 0 Å². The number of hydrogen-bond acceptors (Lipinski definition) is 1. The fourth-order valence-corrected chi connectivity index (χ4v) is 0.890. The van der Waals surface area contributed by atoms with Crippen molar-refractivity contribution in [3.63, 3.8) is 0 Å². The van der Waals surface area contributed by atoms with Crippen LogP contribution in [0.1, 0.15) is 19.8 Å². The van der Waals surface area contributed by atoms with Crippen LogP contribution in [0.3, 0.4) is 0 Å². The molecule has 0 aromatic heterocycles. The molecule has 63 valence electrons. The van der Waals surface area contributed by atoms with E-state index in [9.17, 15) is 4.79 Å². The van der Waals surface area contributed by atoms with Crippen molar-refractivity contribution < 1.29 is 34.7 Å². The Hall–Kier alpha value is -0.0970. The number of hydrogen-bond donors (Lipinski definition) is 0. The molecule has 0 spiro atoms. The van der Waals surface area contributed by atoms with Crippen molar-refractivity contribution in [1.82, 2.24) is 0 Å². The SMILES string of the molecule is CC1=CC=C(C[C-]=O)[C-]=CC1.[Np]. The Morgan fingerprint density at radius 3 is 3.00 bits per heavy atom. The summed E-state index contributed by atoms with van der Waals surface area (Å²) in [5, 5.41) is 0. The van der Waals surface area contributed by atoms with E-state index in [1.54, 1.807) is 0 Å². The molecule has 1 radical (unpaired) electrons. The summed E-state index contributed by atoms with van der Waals surface area (Å²) in [6, 6.07) is 0. The van der Waals surface area contributed by atoms with Crippen LogP contribution >= 0.6 is 0 Å². The van der Waals surface area contributed by atoms with Gasteiger partial charge < -0.3 is 4.79 Å². The Labute approximate surface area is 95.9 Å². The maximum Gasteiger partial charge on any atom is 0 e. The summed E-state index contributed by atoms with van der Waals surface area (Å²) in [6.45, 7) is 2.06. The van der Waals surface area contributed by atoms with Gasteiger partial charge in [0.2, 0.25) is 0 Å². The summed E-state index contributed by atoms with van der Waals surface area (Å²) in [6.07, 6.45) is 12.0. The average molecular weight is 383 g/mol. The van der Waals surface area contributed by atoms with E-state index >= 15 is 0 Å². The van der Waals surface area contributed by atoms with Crippen LogP contribution in [0, 0.1) is 36.0 Å². The normalized spacial score (nSPS) is 15.4. The van der Waals surface area contributed by atoms with E-state index in [1.165, 1.54) is 5.57 Å². The summed E-state index contributed by atoms with van der Waals surface area (Å²) >= 11 is 0. The van der Waals surface area contributed by atoms with Crippen molar-refractivity contribution in [2.45, 2.75) is 19.8 Å². The Kier molecular flexibility index (Phi) is 6.37. The second-order valence-electron chi connectivity index (χ2n) is 2.58. The molecule has 0 bridgehead atoms. The van der Waals surface area contributed by atoms with Gasteiger partial charge in [-0.3, -0.25) is 12.4 Å². The minimum atomic E-state index is 0. The largest absolute Gasteiger partial charge is 0.542 e. The molecule has 0 N–H and O–H groups in total. The molecule has 0 heterocycles. The molecule has 0 aromatic carbocycles. The van der Waals surface area contributed by atoms with Gasteiger partial charge in [-0.15, -0.1) is 6.08 Å². The summed E-state index contributed by atoms with van der Waals surface area (Å²) in [4.78, 5) is 10.0. The fourth-order valence-electron chi connectivity index (χ4n) is 0.890. The first-order valence-electron chi connectivity index (χ1n) is 3.62. The van der Waals surface area contributed by atoms with E-state index in [1.807, 2.05) is 24.5 Å². The van der Waals surface area contributed by atoms with Gasteiger partial charge in [0.15, 0.2) is 0 Å². The fraction of sp³-hybridized carbons (Fsp3) is 0.300. The first-order chi connectivity index (χ1) is 5.33. The molecule has 0 atom stereocenters. The molecule has 1 rings (SSSR count). The van der Waals surface area contributed by atoms with E-state index in [4.69, 9.17) is 0 Å². The summed E-state index contributed by atoms with van der Waals surface area (Å²) < 4.78 is 0. The summed E-state index contributed by atoms with van der Waals surface area (Å²) in [7, 11) is 0. The quantitative estimate of drug-likeness (QED) is 0.668. The molecule has 0 unspecified atom stereocenters. The molecular formula is C10H10NpO-2. The Balaban J connectivity index is 0.00000121. The van der Waals surface area contributed by atoms with Crippen molar-refractivity contribution in [1.29, 1.82) is 0 Å². The van der Waals surface area contributed by atoms with E-state index < -0.39 is 0 Å². The minimum Gasteiger partial charge on any atom is -0.542 e. The third-order valence-electron chi connectivity index (χ3n) is 1.54. The Morgan fingerprint density at radius 1 is 1.58 bits per heavy atom. The van der Waals surface area contributed by atoms with Gasteiger partial charge in [-0.1, -0.05) is 5.57 Å². The van der Waals surface area contributed by atoms with Crippen LogP contribution in [0.15, 0.2) is 29.4 Å². The smallest absolute Gasteiger partial charge is 0 e. The van der Waals surface area contributed by atoms with E-state index in [0.717, 1.165) is 12.0 Å². The minimum absolute atomic E-state index is 0. The van der Waals surface area contributed by atoms with E-state index in [0.29, 0.717) is 6.42 Å². The summed E-state index contributed by atoms with van der Waals surface area (Å²) in [5.74, 6) is 0. The molecule has 2 heteroatoms. The third kappa shape index (κ3) is 4.06. The standard InChI is InChI=1S/C10H10O.Np/c1-9-3-2-4-10(6-5-9)7-8-11;/h2,5-6H,3,7H2,1H3;/q-2;. The molecule has 1 nitrogen and oxygen atoms in total. The molecule has 1 aliphatic carbocycles. The Bertz CT molecular complexity index is 236. The molecule has 0 amide bonds. The van der Waals surface area contributed by atoms with Crippen molar-refractivity contribution >= 4 is 6.29 Å². The number of carbonyl (C=O) groups excluding carboxylic acids is 1. The first-order valence-corrected chi connectivity index (χ1v) is 3.62. The van der Waals surface area contributed by atoms with Crippen LogP contribution in [-0.4, -0.2) is 6.29 Å². The van der Waals surface area contributed by atoms with Crippen LogP contribution in [0.4, 0.5) is 0 Å². The van der Waals surface area contributed by atoms with Gasteiger partial charge in [0, 0.05) is 29.9 Å². The maximum absolute atomic E-state index is 10.0. The van der Waals surface area contributed by atoms with Crippen molar-refractivity contribution in [3.8, 4) is 0 Å². The predicted molar refractivity (Wildman–Crippen MR) is 44.6 cm³/mol. The Morgan fingerprint density at radius 2 is 2.33 bits per heavy atom. The molecule has 0 saturated heterocycles. The van der Waals surface area contributed by atoms with Crippen LogP contribution in [0.2, 0.25) is 0 Å². The van der Waals surface area contributed by atoms with Crippen LogP contribution in [0.5, 0.6) is 0 Å². The van der Waals surface area contributed by atoms with Gasteiger partial charge in [-0.05, 0) is 13.3 Å². The molecule has 12 heavy (non-hydrogen) atoms. The van der Waals surface area contributed by atoms with Crippen molar-refractivity contribution in [2.24, 2.45) is 0 Å². The third-order valence-corrected chi connectivity index (χ3v) is 1.54. The van der Waals surface area contributed by atoms with Gasteiger partial charge in [0.1, 0.15) is 0 Å². The second kappa shape index (κ2) is 6.42. The zero-order valence-electron chi connectivity index (χ0n) is 7.00. The van der Waals surface area contributed by atoms with Gasteiger partial charge >= 0.3 is 0 Å². The monoisotopic (exact) mass is 382 g/mol. The van der Waals surface area contributed by atoms with Gasteiger partial charge in [-0.25, -0.2) is 11.6 Å². The van der Waals surface area contributed by atoms with Crippen LogP contribution in [-0.2, 0) is 4.79 Å². The predicted octanol–water partition coefficient (Wildman–Crippen LogP) is 2.12. The van der Waals surface area contributed by atoms with Crippen LogP contribution < -0.4 is 0 Å². The molecular weight excluding hydrogens is 373 g/mol. The molecule has 0 aromatic rings. The number of rotatable bonds is 2. The summed E-state index contributed by atoms with van der Waals surface area (Å²) in [5.41, 5.74) is 2.20. The van der Waals surface area contributed by atoms with E-state index in [2.05, 4.69) is 13.0 Å². The topological polar surface area (TPSA) is 17.1 Å². The van der Waals surface area contributed by atoms with E-state index in [-0.39, 0.29) is 29.9 Å². The maximum atomic E-state index is 10.0.